The van der Waals surface area contributed by atoms with Crippen molar-refractivity contribution in [3.8, 4) is 11.3 Å². The highest BCUT2D eigenvalue weighted by Crippen LogP contribution is 2.28. The molecule has 1 fully saturated rings. The molecule has 2 aromatic carbocycles. The predicted octanol–water partition coefficient (Wildman–Crippen LogP) is 3.98. The molecule has 1 atom stereocenters. The van der Waals surface area contributed by atoms with Gasteiger partial charge in [-0.25, -0.2) is 18.4 Å². The fourth-order valence-corrected chi connectivity index (χ4v) is 6.09. The molecule has 0 spiro atoms. The summed E-state index contributed by atoms with van der Waals surface area (Å²) in [5.41, 5.74) is 2.34. The zero-order valence-electron chi connectivity index (χ0n) is 19.7. The molecule has 1 aromatic heterocycles. The summed E-state index contributed by atoms with van der Waals surface area (Å²) in [5, 5.41) is 3.26. The van der Waals surface area contributed by atoms with Crippen molar-refractivity contribution in [1.82, 2.24) is 14.3 Å². The van der Waals surface area contributed by atoms with Gasteiger partial charge < -0.3 is 10.1 Å². The van der Waals surface area contributed by atoms with Crippen LogP contribution in [0.5, 0.6) is 0 Å². The Morgan fingerprint density at radius 1 is 1.09 bits per heavy atom. The minimum Gasteiger partial charge on any atom is -0.379 e. The minimum absolute atomic E-state index is 0.168. The number of hydrogen-bond acceptors (Lipinski definition) is 7. The summed E-state index contributed by atoms with van der Waals surface area (Å²) < 4.78 is 32.3. The molecule has 2 heterocycles. The second kappa shape index (κ2) is 11.3. The zero-order chi connectivity index (χ0) is 24.8. The number of thioether (sulfide) groups is 1. The second-order valence-electron chi connectivity index (χ2n) is 8.05. The number of anilines is 1. The van der Waals surface area contributed by atoms with E-state index in [0.717, 1.165) is 16.3 Å². The van der Waals surface area contributed by atoms with Gasteiger partial charge in [-0.15, -0.1) is 0 Å². The number of nitrogens with one attached hydrogen (secondary N) is 1. The number of ether oxygens (including phenoxy) is 1. The van der Waals surface area contributed by atoms with E-state index in [9.17, 15) is 13.2 Å². The molecule has 4 rings (SSSR count). The van der Waals surface area contributed by atoms with Crippen molar-refractivity contribution < 1.29 is 17.9 Å². The van der Waals surface area contributed by atoms with Gasteiger partial charge in [-0.2, -0.15) is 4.31 Å². The van der Waals surface area contributed by atoms with Gasteiger partial charge in [0.25, 0.3) is 0 Å². The summed E-state index contributed by atoms with van der Waals surface area (Å²) in [6.45, 7) is 5.24. The SMILES string of the molecule is CCC(Sc1cc(-c2ccccc2)nc(C)n1)C(=O)Nc1ccc(S(=O)(=O)N2CCOCC2)cc1. The smallest absolute Gasteiger partial charge is 0.243 e. The fraction of sp³-hybridized carbons (Fsp3) is 0.320. The normalized spacial score (nSPS) is 15.5. The lowest BCUT2D eigenvalue weighted by Crippen LogP contribution is -2.40. The molecule has 0 bridgehead atoms. The van der Waals surface area contributed by atoms with Gasteiger partial charge in [0.15, 0.2) is 0 Å². The standard InChI is InChI=1S/C25H28N4O4S2/c1-3-23(34-24-17-22(26-18(2)27-24)19-7-5-4-6-8-19)25(30)28-20-9-11-21(12-10-20)35(31,32)29-13-15-33-16-14-29/h4-12,17,23H,3,13-16H2,1-2H3,(H,28,30). The first kappa shape index (κ1) is 25.3. The largest absolute Gasteiger partial charge is 0.379 e. The van der Waals surface area contributed by atoms with Crippen LogP contribution in [0.25, 0.3) is 11.3 Å². The predicted molar refractivity (Wildman–Crippen MR) is 137 cm³/mol. The summed E-state index contributed by atoms with van der Waals surface area (Å²) in [6.07, 6.45) is 0.601. The van der Waals surface area contributed by atoms with Crippen molar-refractivity contribution >= 4 is 33.4 Å². The third-order valence-corrected chi connectivity index (χ3v) is 8.74. The molecule has 10 heteroatoms. The van der Waals surface area contributed by atoms with Crippen LogP contribution < -0.4 is 5.32 Å². The molecule has 35 heavy (non-hydrogen) atoms. The first-order valence-electron chi connectivity index (χ1n) is 11.4. The molecule has 1 N–H and O–H groups in total. The van der Waals surface area contributed by atoms with Crippen molar-refractivity contribution in [1.29, 1.82) is 0 Å². The lowest BCUT2D eigenvalue weighted by atomic mass is 10.1. The Balaban J connectivity index is 1.44. The molecule has 1 aliphatic rings. The Bertz CT molecular complexity index is 1260. The maximum atomic E-state index is 13.0. The lowest BCUT2D eigenvalue weighted by Gasteiger charge is -2.26. The van der Waals surface area contributed by atoms with Crippen molar-refractivity contribution in [3.05, 3.63) is 66.5 Å². The number of morpholine rings is 1. The Labute approximate surface area is 210 Å². The van der Waals surface area contributed by atoms with Gasteiger partial charge in [0.2, 0.25) is 15.9 Å². The number of hydrogen-bond donors (Lipinski definition) is 1. The van der Waals surface area contributed by atoms with E-state index in [0.29, 0.717) is 44.2 Å². The molecule has 0 aliphatic carbocycles. The third-order valence-electron chi connectivity index (χ3n) is 5.54. The van der Waals surface area contributed by atoms with Crippen molar-refractivity contribution in [2.75, 3.05) is 31.6 Å². The number of sulfonamides is 1. The first-order chi connectivity index (χ1) is 16.9. The highest BCUT2D eigenvalue weighted by Gasteiger charge is 2.26. The molecular weight excluding hydrogens is 484 g/mol. The molecular formula is C25H28N4O4S2. The highest BCUT2D eigenvalue weighted by molar-refractivity contribution is 8.00. The average Bonchev–Trinajstić information content (AvgIpc) is 2.88. The monoisotopic (exact) mass is 512 g/mol. The molecule has 0 saturated carbocycles. The number of carbonyl (C=O) groups is 1. The molecule has 8 nitrogen and oxygen atoms in total. The van der Waals surface area contributed by atoms with E-state index in [1.807, 2.05) is 50.2 Å². The van der Waals surface area contributed by atoms with Gasteiger partial charge >= 0.3 is 0 Å². The number of aryl methyl sites for hydroxylation is 1. The van der Waals surface area contributed by atoms with E-state index >= 15 is 0 Å². The molecule has 0 radical (unpaired) electrons. The van der Waals surface area contributed by atoms with E-state index in [-0.39, 0.29) is 16.1 Å². The van der Waals surface area contributed by atoms with Crippen LogP contribution in [0.1, 0.15) is 19.2 Å². The molecule has 1 amide bonds. The minimum atomic E-state index is -3.58. The van der Waals surface area contributed by atoms with Crippen molar-refractivity contribution in [2.45, 2.75) is 35.4 Å². The van der Waals surface area contributed by atoms with Crippen molar-refractivity contribution in [2.24, 2.45) is 0 Å². The highest BCUT2D eigenvalue weighted by atomic mass is 32.2. The van der Waals surface area contributed by atoms with Crippen LogP contribution in [0.4, 0.5) is 5.69 Å². The second-order valence-corrected chi connectivity index (χ2v) is 11.2. The van der Waals surface area contributed by atoms with E-state index in [2.05, 4.69) is 15.3 Å². The van der Waals surface area contributed by atoms with Gasteiger partial charge in [-0.1, -0.05) is 49.0 Å². The number of carbonyl (C=O) groups excluding carboxylic acids is 1. The van der Waals surface area contributed by atoms with Gasteiger partial charge in [-0.3, -0.25) is 4.79 Å². The summed E-state index contributed by atoms with van der Waals surface area (Å²) in [6, 6.07) is 18.0. The summed E-state index contributed by atoms with van der Waals surface area (Å²) in [4.78, 5) is 22.2. The zero-order valence-corrected chi connectivity index (χ0v) is 21.3. The molecule has 184 valence electrons. The van der Waals surface area contributed by atoms with E-state index in [4.69, 9.17) is 4.74 Å². The maximum Gasteiger partial charge on any atom is 0.243 e. The van der Waals surface area contributed by atoms with Gasteiger partial charge in [-0.05, 0) is 43.7 Å². The topological polar surface area (TPSA) is 101 Å². The van der Waals surface area contributed by atoms with Crippen molar-refractivity contribution in [3.63, 3.8) is 0 Å². The third kappa shape index (κ3) is 6.26. The summed E-state index contributed by atoms with van der Waals surface area (Å²) in [7, 11) is -3.58. The Kier molecular flexibility index (Phi) is 8.17. The number of benzene rings is 2. The number of nitrogens with zero attached hydrogens (tertiary/aromatic N) is 3. The summed E-state index contributed by atoms with van der Waals surface area (Å²) >= 11 is 1.39. The number of amides is 1. The Hall–Kier alpha value is -2.79. The Morgan fingerprint density at radius 3 is 2.43 bits per heavy atom. The average molecular weight is 513 g/mol. The van der Waals surface area contributed by atoms with Crippen LogP contribution in [0.2, 0.25) is 0 Å². The quantitative estimate of drug-likeness (QED) is 0.360. The van der Waals surface area contributed by atoms with E-state index < -0.39 is 10.0 Å². The number of rotatable bonds is 8. The van der Waals surface area contributed by atoms with Crippen LogP contribution in [0.15, 0.2) is 70.6 Å². The molecule has 1 unspecified atom stereocenters. The van der Waals surface area contributed by atoms with Crippen LogP contribution in [0, 0.1) is 6.92 Å². The van der Waals surface area contributed by atoms with Gasteiger partial charge in [0.05, 0.1) is 29.1 Å². The van der Waals surface area contributed by atoms with Crippen LogP contribution in [-0.4, -0.2) is 60.2 Å². The van der Waals surface area contributed by atoms with Gasteiger partial charge in [0, 0.05) is 24.3 Å². The first-order valence-corrected chi connectivity index (χ1v) is 13.8. The number of aromatic nitrogens is 2. The van der Waals surface area contributed by atoms with E-state index in [1.165, 1.54) is 28.2 Å². The Morgan fingerprint density at radius 2 is 1.77 bits per heavy atom. The lowest BCUT2D eigenvalue weighted by molar-refractivity contribution is -0.115. The van der Waals surface area contributed by atoms with Crippen LogP contribution in [0.3, 0.4) is 0 Å². The van der Waals surface area contributed by atoms with Crippen LogP contribution in [-0.2, 0) is 19.6 Å². The van der Waals surface area contributed by atoms with Crippen LogP contribution >= 0.6 is 11.8 Å². The van der Waals surface area contributed by atoms with Gasteiger partial charge in [0.1, 0.15) is 10.9 Å². The fourth-order valence-electron chi connectivity index (χ4n) is 3.69. The summed E-state index contributed by atoms with van der Waals surface area (Å²) in [5.74, 6) is 0.472. The molecule has 1 saturated heterocycles. The molecule has 3 aromatic rings. The van der Waals surface area contributed by atoms with E-state index in [1.54, 1.807) is 12.1 Å². The molecule has 1 aliphatic heterocycles. The maximum absolute atomic E-state index is 13.0.